The van der Waals surface area contributed by atoms with E-state index in [9.17, 15) is 14.9 Å². The Labute approximate surface area is 383 Å². The van der Waals surface area contributed by atoms with Crippen LogP contribution in [-0.4, -0.2) is 163 Å². The molecule has 5 rings (SSSR count). The van der Waals surface area contributed by atoms with Crippen LogP contribution in [0.3, 0.4) is 0 Å². The summed E-state index contributed by atoms with van der Waals surface area (Å²) in [6.07, 6.45) is 6.25. The lowest BCUT2D eigenvalue weighted by molar-refractivity contribution is -0.384. The molecule has 0 bridgehead atoms. The van der Waals surface area contributed by atoms with Gasteiger partial charge in [0.2, 0.25) is 0 Å². The maximum Gasteiger partial charge on any atom is 0.269 e. The Bertz CT molecular complexity index is 1930. The summed E-state index contributed by atoms with van der Waals surface area (Å²) < 4.78 is 51.0. The van der Waals surface area contributed by atoms with Gasteiger partial charge in [0.25, 0.3) is 5.69 Å². The van der Waals surface area contributed by atoms with E-state index in [2.05, 4.69) is 26.8 Å². The van der Waals surface area contributed by atoms with Crippen molar-refractivity contribution >= 4 is 28.4 Å². The fraction of sp³-hybridized carbons (Fsp3) is 0.490. The van der Waals surface area contributed by atoms with Crippen molar-refractivity contribution in [2.45, 2.75) is 13.3 Å². The Morgan fingerprint density at radius 1 is 0.569 bits per heavy atom. The summed E-state index contributed by atoms with van der Waals surface area (Å²) in [6, 6.07) is 18.8. The van der Waals surface area contributed by atoms with Gasteiger partial charge in [0.15, 0.2) is 5.78 Å². The normalized spacial score (nSPS) is 13.1. The molecule has 0 radical (unpaired) electrons. The predicted octanol–water partition coefficient (Wildman–Crippen LogP) is 6.35. The van der Waals surface area contributed by atoms with Gasteiger partial charge in [-0.3, -0.25) is 14.9 Å². The molecule has 0 N–H and O–H groups in total. The van der Waals surface area contributed by atoms with E-state index in [4.69, 9.17) is 42.6 Å². The molecule has 0 saturated carbocycles. The molecule has 16 nitrogen and oxygen atoms in total. The molecule has 3 aromatic rings. The van der Waals surface area contributed by atoms with Crippen LogP contribution in [0, 0.1) is 10.1 Å². The molecule has 16 heteroatoms. The van der Waals surface area contributed by atoms with Gasteiger partial charge in [0, 0.05) is 137 Å². The van der Waals surface area contributed by atoms with E-state index in [-0.39, 0.29) is 11.5 Å². The summed E-state index contributed by atoms with van der Waals surface area (Å²) in [4.78, 5) is 31.7. The summed E-state index contributed by atoms with van der Waals surface area (Å²) >= 11 is 0. The number of carbonyl (C=O) groups is 1. The quantitative estimate of drug-likeness (QED) is 0.0231. The Kier molecular flexibility index (Phi) is 21.9. The summed E-state index contributed by atoms with van der Waals surface area (Å²) in [7, 11) is 6.61. The van der Waals surface area contributed by atoms with Crippen molar-refractivity contribution in [3.05, 3.63) is 117 Å². The first-order chi connectivity index (χ1) is 31.8. The molecule has 0 atom stereocenters. The number of hydrogen-bond acceptors (Lipinski definition) is 15. The number of allylic oxidation sites excluding steroid dienone is 4. The minimum atomic E-state index is -0.399. The second-order valence-corrected chi connectivity index (χ2v) is 15.2. The SMILES string of the molecule is CCN(CCc1ccc([N+](=O)[O-])cc1)C1=CC(=O)C(=C2c3ccc(N(CCOCCOC)CCOCCOC)cc3Oc3cc(N(CCOCCOC)CCOCCOC)ccc32)C=C1. The van der Waals surface area contributed by atoms with Crippen LogP contribution in [0.2, 0.25) is 0 Å². The van der Waals surface area contributed by atoms with E-state index in [1.165, 1.54) is 12.1 Å². The van der Waals surface area contributed by atoms with Crippen molar-refractivity contribution in [2.75, 3.05) is 157 Å². The smallest absolute Gasteiger partial charge is 0.269 e. The average molecular weight is 903 g/mol. The highest BCUT2D eigenvalue weighted by molar-refractivity contribution is 6.16. The number of non-ortho nitro benzene ring substituents is 1. The second kappa shape index (κ2) is 28.0. The number of carbonyl (C=O) groups excluding carboxylic acids is 1. The first-order valence-corrected chi connectivity index (χ1v) is 22.2. The third-order valence-electron chi connectivity index (χ3n) is 11.0. The van der Waals surface area contributed by atoms with Gasteiger partial charge in [-0.15, -0.1) is 0 Å². The molecule has 0 aromatic heterocycles. The summed E-state index contributed by atoms with van der Waals surface area (Å²) in [5.74, 6) is 1.11. The van der Waals surface area contributed by atoms with E-state index in [0.717, 1.165) is 39.3 Å². The molecule has 3 aromatic carbocycles. The number of ether oxygens (including phenoxy) is 9. The first kappa shape index (κ1) is 50.8. The predicted molar refractivity (Wildman–Crippen MR) is 250 cm³/mol. The Hall–Kier alpha value is -5.17. The van der Waals surface area contributed by atoms with Crippen LogP contribution in [0.1, 0.15) is 23.6 Å². The molecular weight excluding hydrogens is 837 g/mol. The van der Waals surface area contributed by atoms with E-state index in [1.807, 2.05) is 43.3 Å². The maximum absolute atomic E-state index is 14.4. The number of anilines is 2. The summed E-state index contributed by atoms with van der Waals surface area (Å²) in [5, 5.41) is 11.2. The zero-order valence-electron chi connectivity index (χ0n) is 38.6. The largest absolute Gasteiger partial charge is 0.456 e. The molecule has 0 unspecified atom stereocenters. The van der Waals surface area contributed by atoms with Gasteiger partial charge in [0.05, 0.1) is 84.2 Å². The van der Waals surface area contributed by atoms with Crippen molar-refractivity contribution in [3.63, 3.8) is 0 Å². The van der Waals surface area contributed by atoms with Crippen molar-refractivity contribution in [1.29, 1.82) is 0 Å². The van der Waals surface area contributed by atoms with Crippen LogP contribution < -0.4 is 14.5 Å². The van der Waals surface area contributed by atoms with Crippen LogP contribution in [-0.2, 0) is 49.1 Å². The molecule has 1 aliphatic heterocycles. The van der Waals surface area contributed by atoms with Crippen molar-refractivity contribution in [3.8, 4) is 11.5 Å². The topological polar surface area (TPSA) is 153 Å². The first-order valence-electron chi connectivity index (χ1n) is 22.2. The Morgan fingerprint density at radius 2 is 1.03 bits per heavy atom. The van der Waals surface area contributed by atoms with E-state index in [0.29, 0.717) is 142 Å². The van der Waals surface area contributed by atoms with Gasteiger partial charge >= 0.3 is 0 Å². The highest BCUT2D eigenvalue weighted by Crippen LogP contribution is 2.48. The molecule has 1 heterocycles. The number of methoxy groups -OCH3 is 4. The minimum Gasteiger partial charge on any atom is -0.456 e. The van der Waals surface area contributed by atoms with E-state index < -0.39 is 4.92 Å². The summed E-state index contributed by atoms with van der Waals surface area (Å²) in [5.41, 5.74) is 6.59. The van der Waals surface area contributed by atoms with Gasteiger partial charge < -0.3 is 57.3 Å². The number of benzene rings is 3. The Morgan fingerprint density at radius 3 is 1.43 bits per heavy atom. The fourth-order valence-corrected chi connectivity index (χ4v) is 7.40. The van der Waals surface area contributed by atoms with Gasteiger partial charge in [-0.25, -0.2) is 0 Å². The second-order valence-electron chi connectivity index (χ2n) is 15.2. The Balaban J connectivity index is 1.49. The van der Waals surface area contributed by atoms with Gasteiger partial charge in [0.1, 0.15) is 11.5 Å². The lowest BCUT2D eigenvalue weighted by Crippen LogP contribution is -2.32. The third kappa shape index (κ3) is 15.5. The van der Waals surface area contributed by atoms with Gasteiger partial charge in [-0.2, -0.15) is 0 Å². The molecule has 0 fully saturated rings. The van der Waals surface area contributed by atoms with Crippen molar-refractivity contribution < 1.29 is 52.3 Å². The standard InChI is InChI=1S/C49H66N4O12/c1-6-50(18-17-38-7-9-39(10-8-38)53(55)56)40-11-14-43(46(54)35-40)49-44-15-12-41(51(19-23-61-31-27-57-2)20-24-62-32-28-58-3)36-47(44)65-48-37-42(13-16-45(48)49)52(21-25-63-33-29-59-4)22-26-64-34-30-60-5/h7-16,35-37H,6,17-34H2,1-5H3. The zero-order chi connectivity index (χ0) is 46.2. The number of rotatable bonds is 32. The number of fused-ring (bicyclic) bond motifs is 2. The van der Waals surface area contributed by atoms with Gasteiger partial charge in [-0.05, 0) is 55.3 Å². The van der Waals surface area contributed by atoms with Crippen molar-refractivity contribution in [1.82, 2.24) is 4.90 Å². The molecule has 1 aliphatic carbocycles. The maximum atomic E-state index is 14.4. The molecule has 354 valence electrons. The lowest BCUT2D eigenvalue weighted by atomic mass is 9.86. The highest BCUT2D eigenvalue weighted by Gasteiger charge is 2.29. The number of ketones is 1. The van der Waals surface area contributed by atoms with Crippen LogP contribution in [0.15, 0.2) is 90.2 Å². The monoisotopic (exact) mass is 902 g/mol. The highest BCUT2D eigenvalue weighted by atomic mass is 16.6. The van der Waals surface area contributed by atoms with E-state index in [1.54, 1.807) is 46.6 Å². The van der Waals surface area contributed by atoms with Crippen LogP contribution >= 0.6 is 0 Å². The fourth-order valence-electron chi connectivity index (χ4n) is 7.40. The summed E-state index contributed by atoms with van der Waals surface area (Å²) in [6.45, 7) is 11.7. The third-order valence-corrected chi connectivity index (χ3v) is 11.0. The molecule has 2 aliphatic rings. The number of likely N-dealkylation sites (N-methyl/N-ethyl adjacent to an activating group) is 1. The number of hydrogen-bond donors (Lipinski definition) is 0. The van der Waals surface area contributed by atoms with E-state index >= 15 is 0 Å². The minimum absolute atomic E-state index is 0.0572. The van der Waals surface area contributed by atoms with Crippen LogP contribution in [0.25, 0.3) is 5.57 Å². The molecule has 0 spiro atoms. The van der Waals surface area contributed by atoms with Crippen LogP contribution in [0.5, 0.6) is 11.5 Å². The molecule has 0 saturated heterocycles. The lowest BCUT2D eigenvalue weighted by Gasteiger charge is -2.31. The number of nitro benzene ring substituents is 1. The number of nitro groups is 1. The van der Waals surface area contributed by atoms with Gasteiger partial charge in [-0.1, -0.05) is 12.1 Å². The van der Waals surface area contributed by atoms with Crippen LogP contribution in [0.4, 0.5) is 17.1 Å². The van der Waals surface area contributed by atoms with Crippen molar-refractivity contribution in [2.24, 2.45) is 0 Å². The molecular formula is C49H66N4O12. The molecule has 0 amide bonds. The average Bonchev–Trinajstić information content (AvgIpc) is 3.32. The zero-order valence-corrected chi connectivity index (χ0v) is 38.6. The molecule has 65 heavy (non-hydrogen) atoms. The number of nitrogens with zero attached hydrogens (tertiary/aromatic N) is 4.